The van der Waals surface area contributed by atoms with Crippen LogP contribution in [0.15, 0.2) is 54.7 Å². The average molecular weight is 529 g/mol. The SMILES string of the molecule is CC(C)[C@H](NC(=O)[C@@]1(NC(=O)CNCCc2c[nH]c3ccccc23)CCc2[nH]c3ccccc3c2C1)C(N)=O. The summed E-state index contributed by atoms with van der Waals surface area (Å²) in [6.07, 6.45) is 4.08. The Hall–Kier alpha value is -4.11. The lowest BCUT2D eigenvalue weighted by Gasteiger charge is -2.38. The van der Waals surface area contributed by atoms with Crippen LogP contribution in [0.4, 0.5) is 0 Å². The van der Waals surface area contributed by atoms with Crippen molar-refractivity contribution in [3.05, 3.63) is 71.5 Å². The van der Waals surface area contributed by atoms with Gasteiger partial charge in [0.25, 0.3) is 0 Å². The molecule has 1 aliphatic carbocycles. The molecule has 39 heavy (non-hydrogen) atoms. The van der Waals surface area contributed by atoms with Crippen LogP contribution in [0.2, 0.25) is 0 Å². The predicted molar refractivity (Wildman–Crippen MR) is 152 cm³/mol. The monoisotopic (exact) mass is 528 g/mol. The molecule has 0 saturated heterocycles. The predicted octanol–water partition coefficient (Wildman–Crippen LogP) is 2.45. The van der Waals surface area contributed by atoms with Crippen molar-refractivity contribution in [3.8, 4) is 0 Å². The number of nitrogens with one attached hydrogen (secondary N) is 5. The molecule has 0 unspecified atom stereocenters. The molecule has 2 aromatic carbocycles. The number of fused-ring (bicyclic) bond motifs is 4. The lowest BCUT2D eigenvalue weighted by molar-refractivity contribution is -0.136. The van der Waals surface area contributed by atoms with Gasteiger partial charge in [0.2, 0.25) is 17.7 Å². The summed E-state index contributed by atoms with van der Waals surface area (Å²) in [6, 6.07) is 15.2. The van der Waals surface area contributed by atoms with Gasteiger partial charge in [-0.05, 0) is 55.0 Å². The summed E-state index contributed by atoms with van der Waals surface area (Å²) in [6.45, 7) is 4.34. The van der Waals surface area contributed by atoms with Gasteiger partial charge in [-0.1, -0.05) is 50.2 Å². The smallest absolute Gasteiger partial charge is 0.246 e. The number of hydrogen-bond donors (Lipinski definition) is 6. The van der Waals surface area contributed by atoms with Crippen molar-refractivity contribution in [1.29, 1.82) is 0 Å². The minimum absolute atomic E-state index is 0.0710. The molecule has 0 fully saturated rings. The number of aromatic nitrogens is 2. The molecular weight excluding hydrogens is 492 g/mol. The van der Waals surface area contributed by atoms with Crippen LogP contribution < -0.4 is 21.7 Å². The van der Waals surface area contributed by atoms with Crippen LogP contribution in [0.1, 0.15) is 37.1 Å². The zero-order valence-electron chi connectivity index (χ0n) is 22.4. The average Bonchev–Trinajstić information content (AvgIpc) is 3.50. The molecule has 7 N–H and O–H groups in total. The topological polar surface area (TPSA) is 145 Å². The van der Waals surface area contributed by atoms with E-state index in [2.05, 4.69) is 32.0 Å². The molecule has 0 bridgehead atoms. The van der Waals surface area contributed by atoms with Crippen LogP contribution >= 0.6 is 0 Å². The van der Waals surface area contributed by atoms with Gasteiger partial charge in [-0.3, -0.25) is 14.4 Å². The molecule has 0 spiro atoms. The van der Waals surface area contributed by atoms with Crippen LogP contribution in [0, 0.1) is 5.92 Å². The summed E-state index contributed by atoms with van der Waals surface area (Å²) in [5, 5.41) is 11.3. The second kappa shape index (κ2) is 10.9. The van der Waals surface area contributed by atoms with E-state index in [1.807, 2.05) is 62.5 Å². The maximum atomic E-state index is 13.8. The Morgan fingerprint density at radius 1 is 1.03 bits per heavy atom. The highest BCUT2D eigenvalue weighted by molar-refractivity contribution is 5.97. The molecule has 9 heteroatoms. The first kappa shape index (κ1) is 26.5. The summed E-state index contributed by atoms with van der Waals surface area (Å²) in [4.78, 5) is 45.8. The number of nitrogens with two attached hydrogens (primary N) is 1. The number of carbonyl (C=O) groups is 3. The maximum Gasteiger partial charge on any atom is 0.246 e. The number of hydrogen-bond acceptors (Lipinski definition) is 4. The Balaban J connectivity index is 1.30. The minimum atomic E-state index is -1.20. The highest BCUT2D eigenvalue weighted by Gasteiger charge is 2.45. The van der Waals surface area contributed by atoms with E-state index in [0.29, 0.717) is 25.8 Å². The molecule has 0 saturated carbocycles. The number of carbonyl (C=O) groups excluding carboxylic acids is 3. The Morgan fingerprint density at radius 2 is 1.74 bits per heavy atom. The Bertz CT molecular complexity index is 1520. The van der Waals surface area contributed by atoms with Crippen molar-refractivity contribution in [1.82, 2.24) is 25.9 Å². The van der Waals surface area contributed by atoms with Crippen LogP contribution in [0.25, 0.3) is 21.8 Å². The van der Waals surface area contributed by atoms with Gasteiger partial charge in [0.15, 0.2) is 0 Å². The van der Waals surface area contributed by atoms with Crippen molar-refractivity contribution in [2.45, 2.75) is 51.1 Å². The lowest BCUT2D eigenvalue weighted by Crippen LogP contribution is -2.65. The second-order valence-corrected chi connectivity index (χ2v) is 10.8. The van der Waals surface area contributed by atoms with Crippen molar-refractivity contribution in [2.24, 2.45) is 11.7 Å². The normalized spacial score (nSPS) is 17.7. The third kappa shape index (κ3) is 5.40. The van der Waals surface area contributed by atoms with Gasteiger partial charge in [0.05, 0.1) is 6.54 Å². The molecule has 3 amide bonds. The van der Waals surface area contributed by atoms with E-state index < -0.39 is 17.5 Å². The molecule has 9 nitrogen and oxygen atoms in total. The van der Waals surface area contributed by atoms with Gasteiger partial charge in [-0.2, -0.15) is 0 Å². The number of aryl methyl sites for hydroxylation is 1. The fraction of sp³-hybridized carbons (Fsp3) is 0.367. The molecule has 1 aliphatic rings. The number of benzene rings is 2. The number of rotatable bonds is 10. The van der Waals surface area contributed by atoms with Crippen LogP contribution in [-0.2, 0) is 33.6 Å². The zero-order valence-corrected chi connectivity index (χ0v) is 22.4. The fourth-order valence-electron chi connectivity index (χ4n) is 5.68. The highest BCUT2D eigenvalue weighted by atomic mass is 16.2. The Morgan fingerprint density at radius 3 is 2.49 bits per heavy atom. The van der Waals surface area contributed by atoms with Gasteiger partial charge in [-0.15, -0.1) is 0 Å². The van der Waals surface area contributed by atoms with Crippen LogP contribution in [0.3, 0.4) is 0 Å². The first-order chi connectivity index (χ1) is 18.8. The summed E-state index contributed by atoms with van der Waals surface area (Å²) < 4.78 is 0. The zero-order chi connectivity index (χ0) is 27.6. The first-order valence-corrected chi connectivity index (χ1v) is 13.5. The number of amides is 3. The third-order valence-corrected chi connectivity index (χ3v) is 7.79. The first-order valence-electron chi connectivity index (χ1n) is 13.5. The summed E-state index contributed by atoms with van der Waals surface area (Å²) in [7, 11) is 0. The van der Waals surface area contributed by atoms with Crippen LogP contribution in [-0.4, -0.2) is 52.4 Å². The van der Waals surface area contributed by atoms with E-state index in [0.717, 1.165) is 34.1 Å². The van der Waals surface area contributed by atoms with Gasteiger partial charge < -0.3 is 31.7 Å². The van der Waals surface area contributed by atoms with E-state index in [1.165, 1.54) is 10.9 Å². The summed E-state index contributed by atoms with van der Waals surface area (Å²) >= 11 is 0. The molecule has 4 aromatic rings. The quantitative estimate of drug-likeness (QED) is 0.176. The summed E-state index contributed by atoms with van der Waals surface area (Å²) in [5.74, 6) is -1.43. The van der Waals surface area contributed by atoms with Crippen molar-refractivity contribution in [2.75, 3.05) is 13.1 Å². The standard InChI is InChI=1S/C30H36N6O3/c1-18(2)27(28(31)38)35-29(39)30(13-11-25-22(15-30)21-8-4-6-10-24(21)34-25)36-26(37)17-32-14-12-19-16-33-23-9-5-3-7-20(19)23/h3-10,16,18,27,32-34H,11-15,17H2,1-2H3,(H2,31,38)(H,35,39)(H,36,37)/t27-,30+/m0/s1. The largest absolute Gasteiger partial charge is 0.368 e. The van der Waals surface area contributed by atoms with E-state index in [1.54, 1.807) is 0 Å². The Labute approximate surface area is 227 Å². The molecule has 204 valence electrons. The number of para-hydroxylation sites is 2. The van der Waals surface area contributed by atoms with Crippen molar-refractivity contribution < 1.29 is 14.4 Å². The molecule has 2 heterocycles. The molecule has 5 rings (SSSR count). The molecule has 2 aromatic heterocycles. The van der Waals surface area contributed by atoms with E-state index in [-0.39, 0.29) is 24.3 Å². The van der Waals surface area contributed by atoms with E-state index >= 15 is 0 Å². The van der Waals surface area contributed by atoms with E-state index in [4.69, 9.17) is 5.73 Å². The number of aromatic amines is 2. The second-order valence-electron chi connectivity index (χ2n) is 10.8. The number of H-pyrrole nitrogens is 2. The van der Waals surface area contributed by atoms with E-state index in [9.17, 15) is 14.4 Å². The van der Waals surface area contributed by atoms with Gasteiger partial charge in [0, 0.05) is 40.1 Å². The lowest BCUT2D eigenvalue weighted by atomic mass is 9.78. The molecular formula is C30H36N6O3. The minimum Gasteiger partial charge on any atom is -0.368 e. The third-order valence-electron chi connectivity index (χ3n) is 7.79. The fourth-order valence-corrected chi connectivity index (χ4v) is 5.68. The van der Waals surface area contributed by atoms with Gasteiger partial charge in [-0.25, -0.2) is 0 Å². The maximum absolute atomic E-state index is 13.8. The van der Waals surface area contributed by atoms with Gasteiger partial charge >= 0.3 is 0 Å². The Kier molecular flexibility index (Phi) is 7.43. The van der Waals surface area contributed by atoms with Crippen molar-refractivity contribution >= 4 is 39.5 Å². The number of primary amides is 1. The summed E-state index contributed by atoms with van der Waals surface area (Å²) in [5.41, 5.74) is 9.74. The molecule has 0 aliphatic heterocycles. The highest BCUT2D eigenvalue weighted by Crippen LogP contribution is 2.34. The van der Waals surface area contributed by atoms with Crippen LogP contribution in [0.5, 0.6) is 0 Å². The van der Waals surface area contributed by atoms with Crippen molar-refractivity contribution in [3.63, 3.8) is 0 Å². The molecule has 2 atom stereocenters. The molecule has 0 radical (unpaired) electrons. The van der Waals surface area contributed by atoms with Gasteiger partial charge in [0.1, 0.15) is 11.6 Å².